The van der Waals surface area contributed by atoms with Crippen LogP contribution in [0.1, 0.15) is 378 Å². The van der Waals surface area contributed by atoms with Gasteiger partial charge in [-0.25, -0.2) is 0 Å². The van der Waals surface area contributed by atoms with Gasteiger partial charge in [-0.3, -0.25) is 24.0 Å². The Morgan fingerprint density at radius 1 is 0.289 bits per heavy atom. The molecule has 0 aromatic carbocycles. The second-order valence-electron chi connectivity index (χ2n) is 41.6. The first-order chi connectivity index (χ1) is 55.2. The predicted molar refractivity (Wildman–Crippen MR) is 447 cm³/mol. The number of fused-ring (bicyclic) bond motifs is 4. The lowest BCUT2D eigenvalue weighted by molar-refractivity contribution is -0.213. The number of hydrogen-bond acceptors (Lipinski definition) is 15. The van der Waals surface area contributed by atoms with Gasteiger partial charge in [-0.15, -0.1) is 0 Å². The van der Waals surface area contributed by atoms with Crippen molar-refractivity contribution in [2.45, 2.75) is 407 Å². The normalized spacial score (nSPS) is 41.8. The van der Waals surface area contributed by atoms with Gasteiger partial charge in [0.1, 0.15) is 0 Å². The first-order valence-corrected chi connectivity index (χ1v) is 49.2. The molecule has 18 fully saturated rings. The molecule has 0 aromatic rings. The van der Waals surface area contributed by atoms with Crippen molar-refractivity contribution in [1.29, 1.82) is 0 Å². The van der Waals surface area contributed by atoms with E-state index in [0.717, 1.165) is 149 Å². The van der Waals surface area contributed by atoms with Gasteiger partial charge >= 0.3 is 29.8 Å². The van der Waals surface area contributed by atoms with Gasteiger partial charge < -0.3 is 47.4 Å². The van der Waals surface area contributed by atoms with E-state index in [1.807, 2.05) is 0 Å². The molecular formula is C99H166O15. The standard InChI is InChI=1S/2C21H34O3.C20H34O3.C19H34O3.C18H30O3/c1-3-14-8-18(4-2)19(9-14)20(22)23-13-24-21-10-15-5-16(11-21)7-17(6-15)12-21;1-3-13-6-16(4-2)19(11-13)21(22)24-12-23-20-17-7-14-5-15(9-17)10-18(20)8-14;1-4-14-9-16(5-2)18(11-14)19(21)22-13-23-20(6-3)12-15-7-8-17(20)10-15;1-4-15-12-16(5-2)17(13-15)18(20)21-14-22-19(6-3)10-8-7-9-11-19;1-3-12-7-14(4-2)16(9-12)18(19)21-11-20-17-10-13-5-6-15(17)8-13/h14-19H,3-13H2,1-2H3;13-20H,3-12H2,1-2H3;14-18H,4-13H2,1-3H3;15-17H,4-14H2,1-3H3;12-17H,3-11H2,1-2H3. The van der Waals surface area contributed by atoms with E-state index in [1.54, 1.807) is 0 Å². The van der Waals surface area contributed by atoms with Crippen LogP contribution in [0.5, 0.6) is 0 Å². The number of carbonyl (C=O) groups excluding carboxylic acids is 5. The zero-order valence-electron chi connectivity index (χ0n) is 74.4. The largest absolute Gasteiger partial charge is 0.438 e. The third-order valence-corrected chi connectivity index (χ3v) is 35.3. The topological polar surface area (TPSA) is 178 Å². The molecule has 18 aliphatic carbocycles. The van der Waals surface area contributed by atoms with E-state index >= 15 is 0 Å². The molecule has 21 atom stereocenters. The summed E-state index contributed by atoms with van der Waals surface area (Å²) in [6.45, 7) is 27.4. The number of hydrogen-bond donors (Lipinski definition) is 0. The molecule has 652 valence electrons. The summed E-state index contributed by atoms with van der Waals surface area (Å²) >= 11 is 0. The number of ether oxygens (including phenoxy) is 10. The van der Waals surface area contributed by atoms with E-state index in [-0.39, 0.29) is 110 Å². The Bertz CT molecular complexity index is 2900. The van der Waals surface area contributed by atoms with Crippen LogP contribution in [0, 0.1) is 154 Å². The third kappa shape index (κ3) is 22.5. The maximum atomic E-state index is 12.6. The zero-order chi connectivity index (χ0) is 80.7. The zero-order valence-corrected chi connectivity index (χ0v) is 74.4. The molecule has 18 rings (SSSR count). The maximum Gasteiger partial charge on any atom is 0.311 e. The average Bonchev–Trinajstić information content (AvgIpc) is 1.22. The van der Waals surface area contributed by atoms with Crippen LogP contribution in [0.15, 0.2) is 0 Å². The summed E-state index contributed by atoms with van der Waals surface area (Å²) in [6.07, 6.45) is 56.2. The quantitative estimate of drug-likeness (QED) is 0.0353. The van der Waals surface area contributed by atoms with E-state index in [2.05, 4.69) is 83.1 Å². The summed E-state index contributed by atoms with van der Waals surface area (Å²) in [5.41, 5.74) is 0.000118. The molecule has 0 heterocycles. The fourth-order valence-electron chi connectivity index (χ4n) is 28.7. The van der Waals surface area contributed by atoms with Crippen LogP contribution in [-0.4, -0.2) is 92.8 Å². The Morgan fingerprint density at radius 2 is 0.658 bits per heavy atom. The second-order valence-corrected chi connectivity index (χ2v) is 41.6. The average molecular weight is 1600 g/mol. The Hall–Kier alpha value is -2.85. The van der Waals surface area contributed by atoms with E-state index < -0.39 is 0 Å². The van der Waals surface area contributed by atoms with E-state index in [4.69, 9.17) is 47.4 Å². The molecule has 0 radical (unpaired) electrons. The Kier molecular flexibility index (Phi) is 33.9. The molecule has 12 bridgehead atoms. The molecule has 114 heavy (non-hydrogen) atoms. The molecule has 18 saturated carbocycles. The smallest absolute Gasteiger partial charge is 0.311 e. The van der Waals surface area contributed by atoms with Gasteiger partial charge in [0.2, 0.25) is 0 Å². The number of carbonyl (C=O) groups is 5. The van der Waals surface area contributed by atoms with Gasteiger partial charge in [0.25, 0.3) is 0 Å². The first-order valence-electron chi connectivity index (χ1n) is 49.2. The van der Waals surface area contributed by atoms with Crippen LogP contribution in [0.4, 0.5) is 0 Å². The summed E-state index contributed by atoms with van der Waals surface area (Å²) in [4.78, 5) is 62.3. The monoisotopic (exact) mass is 1600 g/mol. The van der Waals surface area contributed by atoms with E-state index in [1.165, 1.54) is 205 Å². The van der Waals surface area contributed by atoms with Crippen molar-refractivity contribution >= 4 is 29.8 Å². The Labute approximate surface area is 692 Å². The third-order valence-electron chi connectivity index (χ3n) is 35.3. The van der Waals surface area contributed by atoms with Gasteiger partial charge in [0.05, 0.1) is 58.6 Å². The molecule has 15 nitrogen and oxygen atoms in total. The molecule has 0 N–H and O–H groups in total. The van der Waals surface area contributed by atoms with Gasteiger partial charge in [-0.1, -0.05) is 167 Å². The van der Waals surface area contributed by atoms with Crippen LogP contribution >= 0.6 is 0 Å². The number of rotatable bonds is 32. The Morgan fingerprint density at radius 3 is 1.00 bits per heavy atom. The Balaban J connectivity index is 0.000000132. The fraction of sp³-hybridized carbons (Fsp3) is 0.949. The molecule has 0 aromatic heterocycles. The summed E-state index contributed by atoms with van der Waals surface area (Å²) < 4.78 is 58.2. The van der Waals surface area contributed by atoms with Crippen molar-refractivity contribution in [1.82, 2.24) is 0 Å². The highest BCUT2D eigenvalue weighted by Gasteiger charge is 2.55. The van der Waals surface area contributed by atoms with Gasteiger partial charge in [-0.2, -0.15) is 0 Å². The summed E-state index contributed by atoms with van der Waals surface area (Å²) in [6, 6.07) is 0. The molecule has 0 spiro atoms. The van der Waals surface area contributed by atoms with Gasteiger partial charge in [0, 0.05) is 0 Å². The summed E-state index contributed by atoms with van der Waals surface area (Å²) in [5, 5.41) is 0. The van der Waals surface area contributed by atoms with E-state index in [9.17, 15) is 24.0 Å². The first kappa shape index (κ1) is 90.4. The van der Waals surface area contributed by atoms with Crippen molar-refractivity contribution in [3.63, 3.8) is 0 Å². The summed E-state index contributed by atoms with van der Waals surface area (Å²) in [5.74, 6) is 15.7. The van der Waals surface area contributed by atoms with Crippen LogP contribution in [0.2, 0.25) is 0 Å². The molecule has 18 aliphatic rings. The fourth-order valence-corrected chi connectivity index (χ4v) is 28.7. The maximum absolute atomic E-state index is 12.6. The van der Waals surface area contributed by atoms with Crippen LogP contribution in [0.25, 0.3) is 0 Å². The van der Waals surface area contributed by atoms with Gasteiger partial charge in [-0.05, 0) is 336 Å². The predicted octanol–water partition coefficient (Wildman–Crippen LogP) is 23.9. The minimum atomic E-state index is -0.0374. The lowest BCUT2D eigenvalue weighted by Gasteiger charge is -2.56. The molecule has 21 unspecified atom stereocenters. The van der Waals surface area contributed by atoms with Crippen molar-refractivity contribution < 1.29 is 71.3 Å². The van der Waals surface area contributed by atoms with Crippen molar-refractivity contribution in [3.8, 4) is 0 Å². The number of esters is 5. The molecule has 0 saturated heterocycles. The molecule has 15 heteroatoms. The van der Waals surface area contributed by atoms with Crippen LogP contribution in [0.3, 0.4) is 0 Å². The lowest BCUT2D eigenvalue weighted by Crippen LogP contribution is -2.52. The lowest BCUT2D eigenvalue weighted by atomic mass is 9.54. The minimum Gasteiger partial charge on any atom is -0.438 e. The van der Waals surface area contributed by atoms with E-state index in [0.29, 0.717) is 77.3 Å². The highest BCUT2D eigenvalue weighted by atomic mass is 16.7. The SMILES string of the molecule is CCC1CC(CC)C(C(=O)OCOC2(CC)CC3CCC2C3)C1.CCC1CC(CC)C(C(=O)OCOC2(CC)CCCCC2)C1.CCC1CC(CC)C(C(=O)OCOC23CC4CC(CC(C4)C2)C3)C1.CCC1CC(CC)C(C(=O)OCOC2C3CC4CC(C3)CC2C4)C1.CCC1CC(CC)C(C(=O)OCOC2CC3CCC2C3)C1. The molecule has 0 amide bonds. The highest BCUT2D eigenvalue weighted by molar-refractivity contribution is 5.75. The summed E-state index contributed by atoms with van der Waals surface area (Å²) in [7, 11) is 0. The molecule has 0 aliphatic heterocycles. The molecular weight excluding hydrogens is 1430 g/mol. The second kappa shape index (κ2) is 42.8. The van der Waals surface area contributed by atoms with Crippen molar-refractivity contribution in [3.05, 3.63) is 0 Å². The van der Waals surface area contributed by atoms with Crippen molar-refractivity contribution in [2.75, 3.05) is 34.0 Å². The highest BCUT2D eigenvalue weighted by Crippen LogP contribution is 2.59. The van der Waals surface area contributed by atoms with Crippen molar-refractivity contribution in [2.24, 2.45) is 154 Å². The van der Waals surface area contributed by atoms with Crippen LogP contribution in [-0.2, 0) is 71.3 Å². The van der Waals surface area contributed by atoms with Crippen LogP contribution < -0.4 is 0 Å². The van der Waals surface area contributed by atoms with Gasteiger partial charge in [0.15, 0.2) is 34.0 Å². The minimum absolute atomic E-state index is 0.00150.